The fraction of sp³-hybridized carbons (Fsp3) is 0.562. The van der Waals surface area contributed by atoms with Gasteiger partial charge in [-0.3, -0.25) is 4.79 Å². The Kier molecular flexibility index (Phi) is 4.57. The minimum absolute atomic E-state index is 0.00928. The first-order chi connectivity index (χ1) is 10.7. The molecule has 1 atom stereocenters. The van der Waals surface area contributed by atoms with E-state index < -0.39 is 0 Å². The van der Waals surface area contributed by atoms with Crippen molar-refractivity contribution in [3.63, 3.8) is 0 Å². The van der Waals surface area contributed by atoms with Crippen LogP contribution in [0, 0.1) is 6.92 Å². The van der Waals surface area contributed by atoms with Crippen LogP contribution < -0.4 is 0 Å². The molecule has 1 aliphatic heterocycles. The summed E-state index contributed by atoms with van der Waals surface area (Å²) < 4.78 is 5.19. The average molecular weight is 319 g/mol. The number of thiazole rings is 1. The molecule has 118 valence electrons. The number of piperidine rings is 1. The van der Waals surface area contributed by atoms with Crippen LogP contribution in [0.1, 0.15) is 65.6 Å². The molecule has 1 aliphatic rings. The summed E-state index contributed by atoms with van der Waals surface area (Å²) in [7, 11) is 0. The molecule has 1 amide bonds. The second-order valence-corrected chi connectivity index (χ2v) is 6.69. The van der Waals surface area contributed by atoms with Gasteiger partial charge < -0.3 is 9.42 Å². The molecule has 6 heteroatoms. The van der Waals surface area contributed by atoms with Gasteiger partial charge in [-0.15, -0.1) is 11.3 Å². The predicted molar refractivity (Wildman–Crippen MR) is 85.0 cm³/mol. The monoisotopic (exact) mass is 319 g/mol. The molecule has 0 spiro atoms. The van der Waals surface area contributed by atoms with Crippen molar-refractivity contribution in [2.24, 2.45) is 0 Å². The zero-order chi connectivity index (χ0) is 15.5. The van der Waals surface area contributed by atoms with Crippen molar-refractivity contribution in [1.29, 1.82) is 0 Å². The summed E-state index contributed by atoms with van der Waals surface area (Å²) in [5, 5.41) is 7.03. The Labute approximate surface area is 134 Å². The summed E-state index contributed by atoms with van der Waals surface area (Å²) in [5.41, 5.74) is 1.43. The smallest absolute Gasteiger partial charge is 0.273 e. The number of hydrogen-bond donors (Lipinski definition) is 0. The molecule has 2 aromatic heterocycles. The molecule has 1 saturated heterocycles. The minimum atomic E-state index is 0.00928. The van der Waals surface area contributed by atoms with Gasteiger partial charge in [0.25, 0.3) is 5.91 Å². The van der Waals surface area contributed by atoms with E-state index >= 15 is 0 Å². The van der Waals surface area contributed by atoms with Gasteiger partial charge in [0.15, 0.2) is 0 Å². The predicted octanol–water partition coefficient (Wildman–Crippen LogP) is 3.76. The Morgan fingerprint density at radius 3 is 3.09 bits per heavy atom. The summed E-state index contributed by atoms with van der Waals surface area (Å²) >= 11 is 1.57. The molecule has 22 heavy (non-hydrogen) atoms. The van der Waals surface area contributed by atoms with Crippen molar-refractivity contribution in [2.75, 3.05) is 6.54 Å². The Morgan fingerprint density at radius 1 is 1.50 bits per heavy atom. The lowest BCUT2D eigenvalue weighted by atomic mass is 9.99. The van der Waals surface area contributed by atoms with E-state index in [4.69, 9.17) is 4.52 Å². The van der Waals surface area contributed by atoms with Crippen LogP contribution in [0.15, 0.2) is 16.0 Å². The number of carbonyl (C=O) groups excluding carboxylic acids is 1. The van der Waals surface area contributed by atoms with E-state index in [1.54, 1.807) is 11.3 Å². The largest absolute Gasteiger partial charge is 0.361 e. The van der Waals surface area contributed by atoms with Crippen molar-refractivity contribution >= 4 is 17.2 Å². The topological polar surface area (TPSA) is 59.2 Å². The molecule has 1 fully saturated rings. The summed E-state index contributed by atoms with van der Waals surface area (Å²) in [6.07, 6.45) is 5.06. The lowest BCUT2D eigenvalue weighted by Crippen LogP contribution is -2.38. The van der Waals surface area contributed by atoms with E-state index in [-0.39, 0.29) is 11.9 Å². The highest BCUT2D eigenvalue weighted by Gasteiger charge is 2.31. The molecule has 0 aromatic carbocycles. The van der Waals surface area contributed by atoms with Crippen LogP contribution in [-0.4, -0.2) is 27.5 Å². The van der Waals surface area contributed by atoms with E-state index in [2.05, 4.69) is 17.1 Å². The van der Waals surface area contributed by atoms with Gasteiger partial charge in [-0.1, -0.05) is 12.1 Å². The maximum Gasteiger partial charge on any atom is 0.273 e. The number of rotatable bonds is 4. The van der Waals surface area contributed by atoms with Gasteiger partial charge in [-0.05, 0) is 39.0 Å². The Balaban J connectivity index is 1.81. The van der Waals surface area contributed by atoms with Gasteiger partial charge in [0, 0.05) is 18.0 Å². The van der Waals surface area contributed by atoms with Gasteiger partial charge in [0.2, 0.25) is 0 Å². The quantitative estimate of drug-likeness (QED) is 0.861. The summed E-state index contributed by atoms with van der Waals surface area (Å²) in [5.74, 6) is 0.802. The van der Waals surface area contributed by atoms with Crippen LogP contribution in [0.4, 0.5) is 0 Å². The number of nitrogens with zero attached hydrogens (tertiary/aromatic N) is 3. The highest BCUT2D eigenvalue weighted by atomic mass is 32.1. The first kappa shape index (κ1) is 15.2. The van der Waals surface area contributed by atoms with Gasteiger partial charge in [0.1, 0.15) is 17.1 Å². The fourth-order valence-electron chi connectivity index (χ4n) is 2.91. The number of likely N-dealkylation sites (tertiary alicyclic amines) is 1. The van der Waals surface area contributed by atoms with Crippen molar-refractivity contribution in [3.8, 4) is 0 Å². The summed E-state index contributed by atoms with van der Waals surface area (Å²) in [6, 6.07) is 1.94. The van der Waals surface area contributed by atoms with Crippen LogP contribution in [-0.2, 0) is 6.42 Å². The first-order valence-corrected chi connectivity index (χ1v) is 8.75. The molecule has 0 bridgehead atoms. The van der Waals surface area contributed by atoms with Crippen molar-refractivity contribution in [3.05, 3.63) is 33.6 Å². The highest BCUT2D eigenvalue weighted by molar-refractivity contribution is 7.09. The highest BCUT2D eigenvalue weighted by Crippen LogP contribution is 2.32. The molecule has 3 rings (SSSR count). The molecule has 0 radical (unpaired) electrons. The summed E-state index contributed by atoms with van der Waals surface area (Å²) in [4.78, 5) is 19.2. The molecule has 2 aromatic rings. The molecule has 0 aliphatic carbocycles. The normalized spacial score (nSPS) is 18.6. The molecule has 3 heterocycles. The van der Waals surface area contributed by atoms with E-state index in [0.717, 1.165) is 55.1 Å². The van der Waals surface area contributed by atoms with Gasteiger partial charge in [-0.2, -0.15) is 0 Å². The third-order valence-corrected chi connectivity index (χ3v) is 4.89. The third-order valence-electron chi connectivity index (χ3n) is 3.99. The summed E-state index contributed by atoms with van der Waals surface area (Å²) in [6.45, 7) is 4.76. The maximum atomic E-state index is 12.8. The SMILES string of the molecule is CCCc1nc(C(=O)N2CCCC[C@@H]2c2cc(C)on2)cs1. The van der Waals surface area contributed by atoms with Gasteiger partial charge in [-0.25, -0.2) is 4.98 Å². The average Bonchev–Trinajstić information content (AvgIpc) is 3.16. The van der Waals surface area contributed by atoms with Crippen molar-refractivity contribution in [1.82, 2.24) is 15.0 Å². The van der Waals surface area contributed by atoms with E-state index in [0.29, 0.717) is 5.69 Å². The van der Waals surface area contributed by atoms with Gasteiger partial charge in [0.05, 0.1) is 11.0 Å². The second kappa shape index (κ2) is 6.60. The number of hydrogen-bond acceptors (Lipinski definition) is 5. The van der Waals surface area contributed by atoms with Crippen molar-refractivity contribution in [2.45, 2.75) is 52.0 Å². The number of aryl methyl sites for hydroxylation is 2. The second-order valence-electron chi connectivity index (χ2n) is 5.75. The first-order valence-electron chi connectivity index (χ1n) is 7.87. The van der Waals surface area contributed by atoms with Crippen LogP contribution in [0.25, 0.3) is 0 Å². The zero-order valence-electron chi connectivity index (χ0n) is 13.0. The lowest BCUT2D eigenvalue weighted by molar-refractivity contribution is 0.0596. The molecule has 0 unspecified atom stereocenters. The van der Waals surface area contributed by atoms with E-state index in [1.165, 1.54) is 0 Å². The molecule has 0 saturated carbocycles. The zero-order valence-corrected chi connectivity index (χ0v) is 13.9. The molecule has 0 N–H and O–H groups in total. The molecular weight excluding hydrogens is 298 g/mol. The molecule has 5 nitrogen and oxygen atoms in total. The minimum Gasteiger partial charge on any atom is -0.361 e. The maximum absolute atomic E-state index is 12.8. The van der Waals surface area contributed by atoms with Crippen molar-refractivity contribution < 1.29 is 9.32 Å². The number of aromatic nitrogens is 2. The Hall–Kier alpha value is -1.69. The van der Waals surface area contributed by atoms with Crippen LogP contribution in [0.5, 0.6) is 0 Å². The van der Waals surface area contributed by atoms with E-state index in [9.17, 15) is 4.79 Å². The fourth-order valence-corrected chi connectivity index (χ4v) is 3.78. The van der Waals surface area contributed by atoms with Crippen LogP contribution in [0.2, 0.25) is 0 Å². The third kappa shape index (κ3) is 3.06. The van der Waals surface area contributed by atoms with Crippen LogP contribution in [0.3, 0.4) is 0 Å². The Bertz CT molecular complexity index is 649. The van der Waals surface area contributed by atoms with E-state index in [1.807, 2.05) is 23.3 Å². The van der Waals surface area contributed by atoms with Gasteiger partial charge >= 0.3 is 0 Å². The lowest BCUT2D eigenvalue weighted by Gasteiger charge is -2.34. The number of carbonyl (C=O) groups is 1. The molecular formula is C16H21N3O2S. The number of amides is 1. The van der Waals surface area contributed by atoms with Crippen LogP contribution >= 0.6 is 11.3 Å². The standard InChI is InChI=1S/C16H21N3O2S/c1-3-6-15-17-13(10-22-15)16(20)19-8-5-4-7-14(19)12-9-11(2)21-18-12/h9-10,14H,3-8H2,1-2H3/t14-/m1/s1. The Morgan fingerprint density at radius 2 is 2.36 bits per heavy atom.